The minimum atomic E-state index is -0.120. The Labute approximate surface area is 139 Å². The highest BCUT2D eigenvalue weighted by atomic mass is 32.1. The number of hydrogen-bond acceptors (Lipinski definition) is 5. The lowest BCUT2D eigenvalue weighted by Crippen LogP contribution is -2.12. The molecule has 1 amide bonds. The number of nitrogens with one attached hydrogen (secondary N) is 1. The van der Waals surface area contributed by atoms with Crippen LogP contribution in [0, 0.1) is 11.3 Å². The van der Waals surface area contributed by atoms with Crippen LogP contribution in [0.25, 0.3) is 0 Å². The van der Waals surface area contributed by atoms with Gasteiger partial charge in [0, 0.05) is 6.42 Å². The second-order valence-electron chi connectivity index (χ2n) is 4.66. The third-order valence-corrected chi connectivity index (χ3v) is 3.82. The molecule has 5 nitrogen and oxygen atoms in total. The number of hydrogen-bond donors (Lipinski definition) is 1. The van der Waals surface area contributed by atoms with E-state index in [1.165, 1.54) is 11.3 Å². The normalized spacial score (nSPS) is 9.91. The maximum absolute atomic E-state index is 11.9. The predicted octanol–water partition coefficient (Wildman–Crippen LogP) is 3.82. The molecule has 0 aliphatic carbocycles. The lowest BCUT2D eigenvalue weighted by atomic mass is 10.3. The zero-order chi connectivity index (χ0) is 16.5. The Hall–Kier alpha value is -2.52. The molecule has 6 heteroatoms. The number of anilines is 1. The Morgan fingerprint density at radius 2 is 2.00 bits per heavy atom. The monoisotopic (exact) mass is 330 g/mol. The number of ether oxygens (including phenoxy) is 2. The average molecular weight is 330 g/mol. The van der Waals surface area contributed by atoms with Gasteiger partial charge in [0.1, 0.15) is 11.1 Å². The highest BCUT2D eigenvalue weighted by molar-refractivity contribution is 7.14. The van der Waals surface area contributed by atoms with Crippen LogP contribution in [0.3, 0.4) is 0 Å². The fourth-order valence-electron chi connectivity index (χ4n) is 1.94. The van der Waals surface area contributed by atoms with Crippen LogP contribution in [0.2, 0.25) is 0 Å². The van der Waals surface area contributed by atoms with Gasteiger partial charge in [-0.05, 0) is 36.9 Å². The van der Waals surface area contributed by atoms with Gasteiger partial charge in [0.15, 0.2) is 11.5 Å². The number of thiophene rings is 1. The van der Waals surface area contributed by atoms with Crippen molar-refractivity contribution >= 4 is 22.2 Å². The molecule has 0 unspecified atom stereocenters. The SMILES string of the molecule is CCOc1ccccc1OCCCC(=O)Nc1sccc1C#N. The Morgan fingerprint density at radius 3 is 2.70 bits per heavy atom. The first-order chi connectivity index (χ1) is 11.2. The van der Waals surface area contributed by atoms with Crippen LogP contribution < -0.4 is 14.8 Å². The van der Waals surface area contributed by atoms with Crippen molar-refractivity contribution in [2.75, 3.05) is 18.5 Å². The van der Waals surface area contributed by atoms with Crippen molar-refractivity contribution in [2.45, 2.75) is 19.8 Å². The van der Waals surface area contributed by atoms with Gasteiger partial charge in [0.25, 0.3) is 0 Å². The van der Waals surface area contributed by atoms with E-state index in [0.717, 1.165) is 0 Å². The van der Waals surface area contributed by atoms with Gasteiger partial charge < -0.3 is 14.8 Å². The number of carbonyl (C=O) groups is 1. The zero-order valence-corrected chi connectivity index (χ0v) is 13.7. The van der Waals surface area contributed by atoms with Gasteiger partial charge in [-0.25, -0.2) is 0 Å². The van der Waals surface area contributed by atoms with E-state index in [4.69, 9.17) is 14.7 Å². The Kier molecular flexibility index (Phi) is 6.45. The molecule has 2 aromatic rings. The van der Waals surface area contributed by atoms with E-state index >= 15 is 0 Å². The number of para-hydroxylation sites is 2. The van der Waals surface area contributed by atoms with Gasteiger partial charge in [0.2, 0.25) is 5.91 Å². The Balaban J connectivity index is 1.75. The molecule has 1 N–H and O–H groups in total. The molecule has 2 rings (SSSR count). The van der Waals surface area contributed by atoms with Crippen molar-refractivity contribution in [3.05, 3.63) is 41.3 Å². The van der Waals surface area contributed by atoms with Gasteiger partial charge in [-0.2, -0.15) is 5.26 Å². The summed E-state index contributed by atoms with van der Waals surface area (Å²) in [7, 11) is 0. The van der Waals surface area contributed by atoms with Gasteiger partial charge >= 0.3 is 0 Å². The van der Waals surface area contributed by atoms with Gasteiger partial charge in [-0.1, -0.05) is 12.1 Å². The second kappa shape index (κ2) is 8.81. The molecular weight excluding hydrogens is 312 g/mol. The summed E-state index contributed by atoms with van der Waals surface area (Å²) >= 11 is 1.34. The molecule has 0 radical (unpaired) electrons. The fraction of sp³-hybridized carbons (Fsp3) is 0.294. The Morgan fingerprint density at radius 1 is 1.26 bits per heavy atom. The largest absolute Gasteiger partial charge is 0.490 e. The van der Waals surface area contributed by atoms with Crippen LogP contribution >= 0.6 is 11.3 Å². The molecule has 0 bridgehead atoms. The van der Waals surface area contributed by atoms with E-state index in [2.05, 4.69) is 5.32 Å². The smallest absolute Gasteiger partial charge is 0.225 e. The number of nitriles is 1. The number of benzene rings is 1. The predicted molar refractivity (Wildman–Crippen MR) is 90.0 cm³/mol. The number of rotatable bonds is 8. The van der Waals surface area contributed by atoms with Crippen LogP contribution in [0.15, 0.2) is 35.7 Å². The fourth-order valence-corrected chi connectivity index (χ4v) is 2.70. The maximum atomic E-state index is 11.9. The Bertz CT molecular complexity index is 691. The highest BCUT2D eigenvalue weighted by Gasteiger charge is 2.08. The number of carbonyl (C=O) groups excluding carboxylic acids is 1. The quantitative estimate of drug-likeness (QED) is 0.747. The molecule has 0 spiro atoms. The summed E-state index contributed by atoms with van der Waals surface area (Å²) < 4.78 is 11.1. The minimum absolute atomic E-state index is 0.120. The molecule has 120 valence electrons. The summed E-state index contributed by atoms with van der Waals surface area (Å²) in [5.74, 6) is 1.27. The van der Waals surface area contributed by atoms with Crippen molar-refractivity contribution < 1.29 is 14.3 Å². The van der Waals surface area contributed by atoms with Gasteiger partial charge in [0.05, 0.1) is 18.8 Å². The summed E-state index contributed by atoms with van der Waals surface area (Å²) in [4.78, 5) is 11.9. The molecule has 0 saturated carbocycles. The number of amides is 1. The van der Waals surface area contributed by atoms with E-state index in [0.29, 0.717) is 48.1 Å². The van der Waals surface area contributed by atoms with Crippen LogP contribution in [-0.4, -0.2) is 19.1 Å². The summed E-state index contributed by atoms with van der Waals surface area (Å²) in [6.45, 7) is 2.92. The molecular formula is C17H18N2O3S. The van der Waals surface area contributed by atoms with E-state index in [9.17, 15) is 4.79 Å². The van der Waals surface area contributed by atoms with Crippen molar-refractivity contribution in [1.82, 2.24) is 0 Å². The van der Waals surface area contributed by atoms with E-state index in [1.807, 2.05) is 37.3 Å². The number of nitrogens with zero attached hydrogens (tertiary/aromatic N) is 1. The zero-order valence-electron chi connectivity index (χ0n) is 12.9. The first-order valence-corrected chi connectivity index (χ1v) is 8.24. The lowest BCUT2D eigenvalue weighted by molar-refractivity contribution is -0.116. The van der Waals surface area contributed by atoms with E-state index in [1.54, 1.807) is 11.4 Å². The van der Waals surface area contributed by atoms with E-state index < -0.39 is 0 Å². The molecule has 1 aromatic carbocycles. The molecule has 0 aliphatic heterocycles. The average Bonchev–Trinajstić information content (AvgIpc) is 3.00. The molecule has 0 saturated heterocycles. The van der Waals surface area contributed by atoms with Crippen molar-refractivity contribution in [2.24, 2.45) is 0 Å². The molecule has 0 aliphatic rings. The molecule has 1 aromatic heterocycles. The third kappa shape index (κ3) is 5.01. The lowest BCUT2D eigenvalue weighted by Gasteiger charge is -2.11. The van der Waals surface area contributed by atoms with Gasteiger partial charge in [-0.3, -0.25) is 4.79 Å². The summed E-state index contributed by atoms with van der Waals surface area (Å²) in [6, 6.07) is 11.2. The molecule has 1 heterocycles. The molecule has 0 fully saturated rings. The molecule has 0 atom stereocenters. The van der Waals surface area contributed by atoms with Crippen LogP contribution in [0.5, 0.6) is 11.5 Å². The topological polar surface area (TPSA) is 71.3 Å². The maximum Gasteiger partial charge on any atom is 0.225 e. The third-order valence-electron chi connectivity index (χ3n) is 2.99. The second-order valence-corrected chi connectivity index (χ2v) is 5.57. The minimum Gasteiger partial charge on any atom is -0.490 e. The van der Waals surface area contributed by atoms with Crippen LogP contribution in [0.4, 0.5) is 5.00 Å². The summed E-state index contributed by atoms with van der Waals surface area (Å²) in [5, 5.41) is 14.0. The van der Waals surface area contributed by atoms with E-state index in [-0.39, 0.29) is 5.91 Å². The van der Waals surface area contributed by atoms with Crippen molar-refractivity contribution in [3.8, 4) is 17.6 Å². The standard InChI is InChI=1S/C17H18N2O3S/c1-2-21-14-6-3-4-7-15(14)22-10-5-8-16(20)19-17-13(12-18)9-11-23-17/h3-4,6-7,9,11H,2,5,8,10H2,1H3,(H,19,20). The summed E-state index contributed by atoms with van der Waals surface area (Å²) in [5.41, 5.74) is 0.491. The highest BCUT2D eigenvalue weighted by Crippen LogP contribution is 2.26. The van der Waals surface area contributed by atoms with Crippen LogP contribution in [0.1, 0.15) is 25.3 Å². The van der Waals surface area contributed by atoms with Crippen molar-refractivity contribution in [1.29, 1.82) is 5.26 Å². The summed E-state index contributed by atoms with van der Waals surface area (Å²) in [6.07, 6.45) is 0.916. The first-order valence-electron chi connectivity index (χ1n) is 7.36. The van der Waals surface area contributed by atoms with Crippen molar-refractivity contribution in [3.63, 3.8) is 0 Å². The first kappa shape index (κ1) is 16.8. The van der Waals surface area contributed by atoms with Crippen LogP contribution in [-0.2, 0) is 4.79 Å². The van der Waals surface area contributed by atoms with Gasteiger partial charge in [-0.15, -0.1) is 11.3 Å². The molecule has 23 heavy (non-hydrogen) atoms.